The lowest BCUT2D eigenvalue weighted by Gasteiger charge is -2.10. The standard InChI is InChI=1S/C24H40N2O3/c1-2-3-4-5-6-7-8-9-10-11-12-13-14-15-16-17-18-26-21(20-25)24(29)22(27)19-23(26)28/h19,27,29H,2-18H2,1H3. The monoisotopic (exact) mass is 404 g/mol. The van der Waals surface area contributed by atoms with Crippen LogP contribution in [-0.2, 0) is 6.54 Å². The van der Waals surface area contributed by atoms with E-state index < -0.39 is 17.1 Å². The fraction of sp³-hybridized carbons (Fsp3) is 0.750. The number of nitriles is 1. The third-order valence-electron chi connectivity index (χ3n) is 5.60. The van der Waals surface area contributed by atoms with Crippen molar-refractivity contribution in [2.24, 2.45) is 0 Å². The third kappa shape index (κ3) is 10.4. The predicted octanol–water partition coefficient (Wildman–Crippen LogP) is 6.39. The lowest BCUT2D eigenvalue weighted by Crippen LogP contribution is -2.21. The van der Waals surface area contributed by atoms with Crippen LogP contribution < -0.4 is 5.56 Å². The molecule has 164 valence electrons. The van der Waals surface area contributed by atoms with E-state index in [4.69, 9.17) is 5.26 Å². The lowest BCUT2D eigenvalue weighted by molar-refractivity contribution is 0.392. The van der Waals surface area contributed by atoms with Gasteiger partial charge in [-0.2, -0.15) is 5.26 Å². The van der Waals surface area contributed by atoms with Gasteiger partial charge in [0.1, 0.15) is 6.07 Å². The normalized spacial score (nSPS) is 10.9. The molecule has 0 aliphatic heterocycles. The first-order valence-electron chi connectivity index (χ1n) is 11.7. The fourth-order valence-electron chi connectivity index (χ4n) is 3.78. The largest absolute Gasteiger partial charge is 0.504 e. The summed E-state index contributed by atoms with van der Waals surface area (Å²) in [5, 5.41) is 28.2. The van der Waals surface area contributed by atoms with Crippen molar-refractivity contribution in [1.29, 1.82) is 5.26 Å². The van der Waals surface area contributed by atoms with Crippen molar-refractivity contribution in [1.82, 2.24) is 4.57 Å². The number of pyridine rings is 1. The van der Waals surface area contributed by atoms with E-state index in [1.807, 2.05) is 0 Å². The van der Waals surface area contributed by atoms with Crippen LogP contribution in [0.15, 0.2) is 10.9 Å². The molecule has 0 unspecified atom stereocenters. The fourth-order valence-corrected chi connectivity index (χ4v) is 3.78. The molecule has 0 amide bonds. The van der Waals surface area contributed by atoms with Gasteiger partial charge in [0, 0.05) is 12.6 Å². The average molecular weight is 405 g/mol. The van der Waals surface area contributed by atoms with Crippen molar-refractivity contribution in [3.63, 3.8) is 0 Å². The summed E-state index contributed by atoms with van der Waals surface area (Å²) in [5.74, 6) is -1.04. The van der Waals surface area contributed by atoms with Crippen LogP contribution in [0.1, 0.15) is 115 Å². The summed E-state index contributed by atoms with van der Waals surface area (Å²) in [6.45, 7) is 2.66. The summed E-state index contributed by atoms with van der Waals surface area (Å²) < 4.78 is 1.25. The Kier molecular flexibility index (Phi) is 13.8. The minimum Gasteiger partial charge on any atom is -0.504 e. The van der Waals surface area contributed by atoms with Gasteiger partial charge < -0.3 is 10.2 Å². The molecule has 0 aliphatic rings. The van der Waals surface area contributed by atoms with Crippen LogP contribution in [0, 0.1) is 11.3 Å². The second-order valence-electron chi connectivity index (χ2n) is 8.13. The van der Waals surface area contributed by atoms with Crippen LogP contribution in [0.3, 0.4) is 0 Å². The smallest absolute Gasteiger partial charge is 0.255 e. The summed E-state index contributed by atoms with van der Waals surface area (Å²) in [6, 6.07) is 2.76. The van der Waals surface area contributed by atoms with Gasteiger partial charge in [-0.3, -0.25) is 9.36 Å². The van der Waals surface area contributed by atoms with E-state index in [2.05, 4.69) is 6.92 Å². The molecule has 0 fully saturated rings. The van der Waals surface area contributed by atoms with Crippen molar-refractivity contribution < 1.29 is 10.2 Å². The Morgan fingerprint density at radius 1 is 0.793 bits per heavy atom. The molecule has 0 bridgehead atoms. The van der Waals surface area contributed by atoms with Gasteiger partial charge >= 0.3 is 0 Å². The van der Waals surface area contributed by atoms with Gasteiger partial charge in [0.2, 0.25) is 0 Å². The molecule has 1 aromatic rings. The van der Waals surface area contributed by atoms with Gasteiger partial charge in [-0.1, -0.05) is 103 Å². The maximum absolute atomic E-state index is 11.9. The van der Waals surface area contributed by atoms with E-state index in [1.165, 1.54) is 88.0 Å². The summed E-state index contributed by atoms with van der Waals surface area (Å²) in [6.07, 6.45) is 20.5. The Hall–Kier alpha value is -1.96. The molecular formula is C24H40N2O3. The van der Waals surface area contributed by atoms with Crippen LogP contribution in [0.2, 0.25) is 0 Å². The average Bonchev–Trinajstić information content (AvgIpc) is 2.71. The van der Waals surface area contributed by atoms with Crippen molar-refractivity contribution in [3.8, 4) is 17.6 Å². The maximum Gasteiger partial charge on any atom is 0.255 e. The number of unbranched alkanes of at least 4 members (excludes halogenated alkanes) is 15. The highest BCUT2D eigenvalue weighted by Gasteiger charge is 2.13. The van der Waals surface area contributed by atoms with E-state index in [9.17, 15) is 15.0 Å². The minimum absolute atomic E-state index is 0.157. The molecule has 0 spiro atoms. The quantitative estimate of drug-likeness (QED) is 0.294. The minimum atomic E-state index is -0.533. The van der Waals surface area contributed by atoms with E-state index in [1.54, 1.807) is 6.07 Å². The zero-order chi connectivity index (χ0) is 21.3. The number of hydrogen-bond donors (Lipinski definition) is 2. The summed E-state index contributed by atoms with van der Waals surface area (Å²) >= 11 is 0. The molecule has 5 nitrogen and oxygen atoms in total. The first-order valence-corrected chi connectivity index (χ1v) is 11.7. The van der Waals surface area contributed by atoms with Gasteiger partial charge in [-0.05, 0) is 6.42 Å². The first kappa shape index (κ1) is 25.1. The predicted molar refractivity (Wildman–Crippen MR) is 118 cm³/mol. The highest BCUT2D eigenvalue weighted by Crippen LogP contribution is 2.26. The van der Waals surface area contributed by atoms with Crippen LogP contribution >= 0.6 is 0 Å². The SMILES string of the molecule is CCCCCCCCCCCCCCCCCCn1c(C#N)c(O)c(O)cc1=O. The number of hydrogen-bond acceptors (Lipinski definition) is 4. The highest BCUT2D eigenvalue weighted by atomic mass is 16.3. The lowest BCUT2D eigenvalue weighted by atomic mass is 10.0. The molecule has 5 heteroatoms. The van der Waals surface area contributed by atoms with Crippen molar-refractivity contribution >= 4 is 0 Å². The Bertz CT molecular complexity index is 661. The molecule has 0 atom stereocenters. The van der Waals surface area contributed by atoms with E-state index in [0.717, 1.165) is 25.3 Å². The summed E-state index contributed by atoms with van der Waals surface area (Å²) in [7, 11) is 0. The van der Waals surface area contributed by atoms with E-state index in [-0.39, 0.29) is 5.69 Å². The Morgan fingerprint density at radius 2 is 1.21 bits per heavy atom. The number of aromatic hydroxyl groups is 2. The summed E-state index contributed by atoms with van der Waals surface area (Å²) in [4.78, 5) is 11.9. The van der Waals surface area contributed by atoms with Gasteiger partial charge in [-0.15, -0.1) is 0 Å². The zero-order valence-electron chi connectivity index (χ0n) is 18.3. The molecule has 0 radical (unpaired) electrons. The molecular weight excluding hydrogens is 364 g/mol. The molecule has 0 aromatic carbocycles. The van der Waals surface area contributed by atoms with Crippen LogP contribution in [-0.4, -0.2) is 14.8 Å². The Morgan fingerprint density at radius 3 is 1.62 bits per heavy atom. The van der Waals surface area contributed by atoms with Crippen LogP contribution in [0.4, 0.5) is 0 Å². The van der Waals surface area contributed by atoms with Gasteiger partial charge in [-0.25, -0.2) is 0 Å². The van der Waals surface area contributed by atoms with Crippen molar-refractivity contribution in [2.45, 2.75) is 116 Å². The van der Waals surface area contributed by atoms with Gasteiger partial charge in [0.15, 0.2) is 17.2 Å². The van der Waals surface area contributed by atoms with E-state index in [0.29, 0.717) is 6.54 Å². The highest BCUT2D eigenvalue weighted by molar-refractivity contribution is 5.46. The number of nitrogens with zero attached hydrogens (tertiary/aromatic N) is 2. The molecule has 1 aromatic heterocycles. The maximum atomic E-state index is 11.9. The Labute approximate surface area is 176 Å². The number of rotatable bonds is 17. The Balaban J connectivity index is 1.99. The third-order valence-corrected chi connectivity index (χ3v) is 5.60. The van der Waals surface area contributed by atoms with Gasteiger partial charge in [0.05, 0.1) is 0 Å². The second-order valence-corrected chi connectivity index (χ2v) is 8.13. The second kappa shape index (κ2) is 15.9. The molecule has 0 saturated heterocycles. The molecule has 0 saturated carbocycles. The van der Waals surface area contributed by atoms with Crippen LogP contribution in [0.25, 0.3) is 0 Å². The van der Waals surface area contributed by atoms with Crippen molar-refractivity contribution in [2.75, 3.05) is 0 Å². The van der Waals surface area contributed by atoms with Gasteiger partial charge in [0.25, 0.3) is 5.56 Å². The molecule has 1 rings (SSSR count). The zero-order valence-corrected chi connectivity index (χ0v) is 18.3. The van der Waals surface area contributed by atoms with E-state index >= 15 is 0 Å². The molecule has 1 heterocycles. The number of aromatic nitrogens is 1. The molecule has 29 heavy (non-hydrogen) atoms. The van der Waals surface area contributed by atoms with Crippen molar-refractivity contribution in [3.05, 3.63) is 22.1 Å². The topological polar surface area (TPSA) is 86.2 Å². The first-order chi connectivity index (χ1) is 14.1. The van der Waals surface area contributed by atoms with Crippen LogP contribution in [0.5, 0.6) is 11.5 Å². The molecule has 0 aliphatic carbocycles. The molecule has 2 N–H and O–H groups in total. The summed E-state index contributed by atoms with van der Waals surface area (Å²) in [5.41, 5.74) is -0.603.